The Morgan fingerprint density at radius 3 is 1.90 bits per heavy atom. The van der Waals surface area contributed by atoms with Crippen LogP contribution in [-0.2, 0) is 6.42 Å². The van der Waals surface area contributed by atoms with Gasteiger partial charge in [0.1, 0.15) is 0 Å². The van der Waals surface area contributed by atoms with Crippen molar-refractivity contribution < 1.29 is 0 Å². The third kappa shape index (κ3) is 9.87. The molecule has 3 aromatic carbocycles. The van der Waals surface area contributed by atoms with E-state index in [0.717, 1.165) is 23.0 Å². The third-order valence-electron chi connectivity index (χ3n) is 9.02. The Morgan fingerprint density at radius 2 is 1.15 bits per heavy atom. The molecule has 1 aliphatic carbocycles. The van der Waals surface area contributed by atoms with Crippen LogP contribution >= 0.6 is 0 Å². The first-order valence-electron chi connectivity index (χ1n) is 16.4. The molecule has 0 bridgehead atoms. The summed E-state index contributed by atoms with van der Waals surface area (Å²) in [5.41, 5.74) is 5.20. The maximum atomic E-state index is 3.41. The Balaban J connectivity index is 1.22. The minimum absolute atomic E-state index is 0.745. The fraction of sp³-hybridized carbons (Fsp3) is 0.538. The lowest BCUT2D eigenvalue weighted by Gasteiger charge is -2.29. The van der Waals surface area contributed by atoms with Gasteiger partial charge in [-0.05, 0) is 96.5 Å². The molecule has 39 heavy (non-hydrogen) atoms. The van der Waals surface area contributed by atoms with Gasteiger partial charge in [-0.25, -0.2) is 0 Å². The molecule has 0 unspecified atom stereocenters. The van der Waals surface area contributed by atoms with Crippen LogP contribution in [0.4, 0.5) is 0 Å². The van der Waals surface area contributed by atoms with Crippen LogP contribution in [0.5, 0.6) is 0 Å². The Labute approximate surface area is 240 Å². The first-order valence-corrected chi connectivity index (χ1v) is 16.4. The molecule has 0 atom stereocenters. The molecular weight excluding hydrogens is 468 g/mol. The Kier molecular flexibility index (Phi) is 12.5. The van der Waals surface area contributed by atoms with Crippen molar-refractivity contribution in [1.29, 1.82) is 0 Å². The van der Waals surface area contributed by atoms with E-state index in [-0.39, 0.29) is 0 Å². The Morgan fingerprint density at radius 1 is 0.564 bits per heavy atom. The van der Waals surface area contributed by atoms with E-state index >= 15 is 0 Å². The summed E-state index contributed by atoms with van der Waals surface area (Å²) in [7, 11) is 0. The highest BCUT2D eigenvalue weighted by Gasteiger charge is 2.21. The van der Waals surface area contributed by atoms with E-state index in [1.807, 2.05) is 0 Å². The van der Waals surface area contributed by atoms with E-state index in [1.165, 1.54) is 131 Å². The molecule has 0 spiro atoms. The highest BCUT2D eigenvalue weighted by molar-refractivity contribution is 5.84. The normalized spacial score (nSPS) is 17.2. The van der Waals surface area contributed by atoms with Crippen molar-refractivity contribution in [3.63, 3.8) is 0 Å². The van der Waals surface area contributed by atoms with Gasteiger partial charge in [0.15, 0.2) is 0 Å². The average Bonchev–Trinajstić information content (AvgIpc) is 2.98. The van der Waals surface area contributed by atoms with Crippen LogP contribution in [0.1, 0.15) is 145 Å². The van der Waals surface area contributed by atoms with E-state index in [4.69, 9.17) is 0 Å². The second kappa shape index (κ2) is 16.6. The Hall–Kier alpha value is -2.52. The van der Waals surface area contributed by atoms with E-state index < -0.39 is 0 Å². The highest BCUT2D eigenvalue weighted by Crippen LogP contribution is 2.37. The Bertz CT molecular complexity index is 1160. The summed E-state index contributed by atoms with van der Waals surface area (Å²) < 4.78 is 0. The maximum absolute atomic E-state index is 3.41. The fourth-order valence-corrected chi connectivity index (χ4v) is 6.44. The summed E-state index contributed by atoms with van der Waals surface area (Å²) in [6.45, 7) is 4.57. The molecule has 0 nitrogen and oxygen atoms in total. The molecule has 0 heterocycles. The minimum atomic E-state index is 0.745. The molecule has 0 aromatic heterocycles. The van der Waals surface area contributed by atoms with Gasteiger partial charge in [-0.1, -0.05) is 133 Å². The van der Waals surface area contributed by atoms with E-state index in [2.05, 4.69) is 86.4 Å². The number of aryl methyl sites for hydroxylation is 1. The van der Waals surface area contributed by atoms with Gasteiger partial charge in [0.05, 0.1) is 0 Å². The van der Waals surface area contributed by atoms with E-state index in [9.17, 15) is 0 Å². The first-order chi connectivity index (χ1) is 19.2. The number of rotatable bonds is 14. The fourth-order valence-electron chi connectivity index (χ4n) is 6.44. The number of hydrogen-bond donors (Lipinski definition) is 0. The van der Waals surface area contributed by atoms with Crippen molar-refractivity contribution in [3.05, 3.63) is 82.9 Å². The molecule has 1 fully saturated rings. The summed E-state index contributed by atoms with van der Waals surface area (Å²) in [6.07, 6.45) is 23.5. The van der Waals surface area contributed by atoms with Gasteiger partial charge < -0.3 is 0 Å². The molecule has 208 valence electrons. The second-order valence-corrected chi connectivity index (χ2v) is 12.2. The van der Waals surface area contributed by atoms with Gasteiger partial charge in [-0.15, -0.1) is 0 Å². The molecule has 0 N–H and O–H groups in total. The van der Waals surface area contributed by atoms with Gasteiger partial charge in [0.25, 0.3) is 0 Å². The van der Waals surface area contributed by atoms with Crippen LogP contribution in [0.2, 0.25) is 0 Å². The van der Waals surface area contributed by atoms with Crippen molar-refractivity contribution >= 4 is 10.8 Å². The molecule has 0 amide bonds. The first kappa shape index (κ1) is 29.5. The topological polar surface area (TPSA) is 0 Å². The predicted molar refractivity (Wildman–Crippen MR) is 172 cm³/mol. The van der Waals surface area contributed by atoms with Crippen molar-refractivity contribution in [2.75, 3.05) is 0 Å². The standard InChI is InChI=1S/C39H52/c1-3-5-7-9-10-11-13-14-32-18-24-36(25-19-32)37-26-20-33(21-27-37)16-17-35-23-29-38-30-34(15-12-8-6-4-2)22-28-39(38)31-35/h20-23,26-32,36H,3-15,18-19,24-25H2,1-2H3/t32-,36-. The summed E-state index contributed by atoms with van der Waals surface area (Å²) in [4.78, 5) is 0. The average molecular weight is 521 g/mol. The number of benzene rings is 3. The monoisotopic (exact) mass is 520 g/mol. The number of unbranched alkanes of at least 4 members (excludes halogenated alkanes) is 9. The van der Waals surface area contributed by atoms with Crippen molar-refractivity contribution in [3.8, 4) is 11.8 Å². The minimum Gasteiger partial charge on any atom is -0.0654 e. The zero-order chi connectivity index (χ0) is 27.1. The molecule has 4 rings (SSSR count). The molecule has 1 aliphatic rings. The molecule has 0 saturated heterocycles. The van der Waals surface area contributed by atoms with Crippen LogP contribution in [0.3, 0.4) is 0 Å². The van der Waals surface area contributed by atoms with E-state index in [0.29, 0.717) is 0 Å². The highest BCUT2D eigenvalue weighted by atomic mass is 14.3. The van der Waals surface area contributed by atoms with Crippen LogP contribution in [0.15, 0.2) is 60.7 Å². The largest absolute Gasteiger partial charge is 0.0654 e. The lowest BCUT2D eigenvalue weighted by Crippen LogP contribution is -2.13. The SMILES string of the molecule is CCCCCCCCC[C@H]1CC[C@H](c2ccc(C#Cc3ccc4cc(CCCCCC)ccc4c3)cc2)CC1. The van der Waals surface area contributed by atoms with Crippen LogP contribution in [0.25, 0.3) is 10.8 Å². The van der Waals surface area contributed by atoms with Crippen LogP contribution < -0.4 is 0 Å². The van der Waals surface area contributed by atoms with Gasteiger partial charge in [-0.2, -0.15) is 0 Å². The smallest absolute Gasteiger partial charge is 0.0255 e. The molecular formula is C39H52. The van der Waals surface area contributed by atoms with Crippen molar-refractivity contribution in [1.82, 2.24) is 0 Å². The molecule has 0 radical (unpaired) electrons. The van der Waals surface area contributed by atoms with Crippen LogP contribution in [0, 0.1) is 17.8 Å². The summed E-state index contributed by atoms with van der Waals surface area (Å²) in [5.74, 6) is 8.54. The summed E-state index contributed by atoms with van der Waals surface area (Å²) in [6, 6.07) is 22.7. The number of hydrogen-bond acceptors (Lipinski definition) is 0. The molecule has 0 aliphatic heterocycles. The lowest BCUT2D eigenvalue weighted by atomic mass is 9.77. The molecule has 3 aromatic rings. The maximum Gasteiger partial charge on any atom is 0.0255 e. The molecule has 1 saturated carbocycles. The van der Waals surface area contributed by atoms with Gasteiger partial charge in [-0.3, -0.25) is 0 Å². The van der Waals surface area contributed by atoms with Crippen molar-refractivity contribution in [2.24, 2.45) is 5.92 Å². The third-order valence-corrected chi connectivity index (χ3v) is 9.02. The van der Waals surface area contributed by atoms with Crippen molar-refractivity contribution in [2.45, 2.75) is 129 Å². The van der Waals surface area contributed by atoms with Gasteiger partial charge >= 0.3 is 0 Å². The van der Waals surface area contributed by atoms with Gasteiger partial charge in [0.2, 0.25) is 0 Å². The zero-order valence-electron chi connectivity index (χ0n) is 24.9. The van der Waals surface area contributed by atoms with E-state index in [1.54, 1.807) is 0 Å². The summed E-state index contributed by atoms with van der Waals surface area (Å²) >= 11 is 0. The van der Waals surface area contributed by atoms with Gasteiger partial charge in [0, 0.05) is 11.1 Å². The predicted octanol–water partition coefficient (Wildman–Crippen LogP) is 11.8. The van der Waals surface area contributed by atoms with Crippen LogP contribution in [-0.4, -0.2) is 0 Å². The second-order valence-electron chi connectivity index (χ2n) is 12.2. The summed E-state index contributed by atoms with van der Waals surface area (Å²) in [5, 5.41) is 2.62. The zero-order valence-corrected chi connectivity index (χ0v) is 24.9. The molecule has 0 heteroatoms. The number of fused-ring (bicyclic) bond motifs is 1. The lowest BCUT2D eigenvalue weighted by molar-refractivity contribution is 0.302. The quantitative estimate of drug-likeness (QED) is 0.146.